The quantitative estimate of drug-likeness (QED) is 0.855. The minimum Gasteiger partial charge on any atom is -0.439 e. The Labute approximate surface area is 152 Å². The second kappa shape index (κ2) is 6.12. The number of rotatable bonds is 4. The second-order valence-corrected chi connectivity index (χ2v) is 6.99. The summed E-state index contributed by atoms with van der Waals surface area (Å²) in [5, 5.41) is 2.75. The van der Waals surface area contributed by atoms with Crippen molar-refractivity contribution in [3.63, 3.8) is 0 Å². The fourth-order valence-electron chi connectivity index (χ4n) is 3.48. The molecule has 0 bridgehead atoms. The summed E-state index contributed by atoms with van der Waals surface area (Å²) in [6, 6.07) is 8.89. The molecule has 1 atom stereocenters. The third-order valence-electron chi connectivity index (χ3n) is 5.24. The third kappa shape index (κ3) is 2.71. The predicted molar refractivity (Wildman–Crippen MR) is 97.5 cm³/mol. The molecule has 3 amide bonds. The number of carbonyl (C=O) groups is 2. The van der Waals surface area contributed by atoms with Crippen LogP contribution in [0.15, 0.2) is 36.5 Å². The van der Waals surface area contributed by atoms with Gasteiger partial charge in [-0.3, -0.25) is 4.79 Å². The SMILES string of the molecule is CC[C@@]1(C)NC(=O)N(c2ccnc(Oc3ccc4c(c3)CCC4)c2)C1=O. The summed E-state index contributed by atoms with van der Waals surface area (Å²) in [6.07, 6.45) is 5.43. The smallest absolute Gasteiger partial charge is 0.329 e. The number of imide groups is 1. The minimum atomic E-state index is -0.874. The largest absolute Gasteiger partial charge is 0.439 e. The number of nitrogens with zero attached hydrogens (tertiary/aromatic N) is 2. The van der Waals surface area contributed by atoms with Crippen LogP contribution in [-0.4, -0.2) is 22.5 Å². The van der Waals surface area contributed by atoms with E-state index in [1.807, 2.05) is 19.1 Å². The molecule has 1 aliphatic carbocycles. The molecular weight excluding hydrogens is 330 g/mol. The normalized spacial score (nSPS) is 21.7. The topological polar surface area (TPSA) is 71.5 Å². The summed E-state index contributed by atoms with van der Waals surface area (Å²) in [5.41, 5.74) is 2.26. The van der Waals surface area contributed by atoms with Gasteiger partial charge in [0.1, 0.15) is 11.3 Å². The molecule has 2 aliphatic rings. The van der Waals surface area contributed by atoms with E-state index in [1.165, 1.54) is 17.5 Å². The molecule has 1 fully saturated rings. The van der Waals surface area contributed by atoms with Gasteiger partial charge in [-0.1, -0.05) is 13.0 Å². The fraction of sp³-hybridized carbons (Fsp3) is 0.350. The maximum atomic E-state index is 12.6. The highest BCUT2D eigenvalue weighted by molar-refractivity contribution is 6.23. The lowest BCUT2D eigenvalue weighted by molar-refractivity contribution is -0.121. The van der Waals surface area contributed by atoms with Crippen LogP contribution in [0, 0.1) is 0 Å². The molecule has 26 heavy (non-hydrogen) atoms. The third-order valence-corrected chi connectivity index (χ3v) is 5.24. The highest BCUT2D eigenvalue weighted by Gasteiger charge is 2.47. The van der Waals surface area contributed by atoms with E-state index in [4.69, 9.17) is 4.74 Å². The van der Waals surface area contributed by atoms with E-state index >= 15 is 0 Å². The van der Waals surface area contributed by atoms with Gasteiger partial charge in [0, 0.05) is 12.3 Å². The number of hydrogen-bond donors (Lipinski definition) is 1. The van der Waals surface area contributed by atoms with Gasteiger partial charge < -0.3 is 10.1 Å². The molecule has 6 nitrogen and oxygen atoms in total. The van der Waals surface area contributed by atoms with Gasteiger partial charge in [-0.25, -0.2) is 14.7 Å². The van der Waals surface area contributed by atoms with Gasteiger partial charge in [-0.15, -0.1) is 0 Å². The van der Waals surface area contributed by atoms with E-state index in [0.29, 0.717) is 23.7 Å². The first kappa shape index (κ1) is 16.6. The zero-order valence-electron chi connectivity index (χ0n) is 14.9. The number of fused-ring (bicyclic) bond motifs is 1. The second-order valence-electron chi connectivity index (χ2n) is 6.99. The fourth-order valence-corrected chi connectivity index (χ4v) is 3.48. The van der Waals surface area contributed by atoms with Crippen LogP contribution in [0.4, 0.5) is 10.5 Å². The average molecular weight is 351 g/mol. The number of hydrogen-bond acceptors (Lipinski definition) is 4. The highest BCUT2D eigenvalue weighted by atomic mass is 16.5. The molecule has 134 valence electrons. The van der Waals surface area contributed by atoms with Gasteiger partial charge in [-0.05, 0) is 61.9 Å². The summed E-state index contributed by atoms with van der Waals surface area (Å²) >= 11 is 0. The highest BCUT2D eigenvalue weighted by Crippen LogP contribution is 2.31. The van der Waals surface area contributed by atoms with Gasteiger partial charge in [-0.2, -0.15) is 0 Å². The van der Waals surface area contributed by atoms with E-state index in [9.17, 15) is 9.59 Å². The summed E-state index contributed by atoms with van der Waals surface area (Å²) in [5.74, 6) is 0.803. The maximum absolute atomic E-state index is 12.6. The Hall–Kier alpha value is -2.89. The van der Waals surface area contributed by atoms with E-state index in [0.717, 1.165) is 17.7 Å². The zero-order chi connectivity index (χ0) is 18.3. The zero-order valence-corrected chi connectivity index (χ0v) is 14.9. The Morgan fingerprint density at radius 3 is 2.77 bits per heavy atom. The van der Waals surface area contributed by atoms with Crippen LogP contribution in [0.2, 0.25) is 0 Å². The first-order valence-corrected chi connectivity index (χ1v) is 8.92. The van der Waals surface area contributed by atoms with Crippen molar-refractivity contribution < 1.29 is 14.3 Å². The van der Waals surface area contributed by atoms with Crippen LogP contribution in [0.3, 0.4) is 0 Å². The monoisotopic (exact) mass is 351 g/mol. The van der Waals surface area contributed by atoms with Crippen molar-refractivity contribution in [1.29, 1.82) is 0 Å². The number of ether oxygens (including phenoxy) is 1. The standard InChI is InChI=1S/C20H21N3O3/c1-3-20(2)18(24)23(19(25)22-20)15-9-10-21-17(12-15)26-16-8-7-13-5-4-6-14(13)11-16/h7-12H,3-6H2,1-2H3,(H,22,25)/t20-/m1/s1. The number of nitrogens with one attached hydrogen (secondary N) is 1. The number of aryl methyl sites for hydroxylation is 2. The molecule has 0 saturated carbocycles. The molecule has 1 aromatic heterocycles. The van der Waals surface area contributed by atoms with Crippen LogP contribution in [0.1, 0.15) is 37.8 Å². The Balaban J connectivity index is 1.59. The molecule has 4 rings (SSSR count). The van der Waals surface area contributed by atoms with Gasteiger partial charge in [0.25, 0.3) is 5.91 Å². The molecule has 6 heteroatoms. The van der Waals surface area contributed by atoms with Crippen LogP contribution in [-0.2, 0) is 17.6 Å². The van der Waals surface area contributed by atoms with E-state index in [-0.39, 0.29) is 5.91 Å². The first-order chi connectivity index (χ1) is 12.5. The molecule has 0 spiro atoms. The van der Waals surface area contributed by atoms with Crippen molar-refractivity contribution in [1.82, 2.24) is 10.3 Å². The lowest BCUT2D eigenvalue weighted by Crippen LogP contribution is -2.43. The molecule has 1 N–H and O–H groups in total. The van der Waals surface area contributed by atoms with E-state index < -0.39 is 11.6 Å². The number of anilines is 1. The average Bonchev–Trinajstić information content (AvgIpc) is 3.18. The van der Waals surface area contributed by atoms with Crippen LogP contribution < -0.4 is 15.0 Å². The van der Waals surface area contributed by atoms with Gasteiger partial charge in [0.2, 0.25) is 5.88 Å². The Morgan fingerprint density at radius 1 is 1.19 bits per heavy atom. The van der Waals surface area contributed by atoms with Crippen LogP contribution >= 0.6 is 0 Å². The van der Waals surface area contributed by atoms with E-state index in [2.05, 4.69) is 16.4 Å². The number of benzene rings is 1. The lowest BCUT2D eigenvalue weighted by Gasteiger charge is -2.19. The molecular formula is C20H21N3O3. The van der Waals surface area contributed by atoms with Crippen molar-refractivity contribution in [2.75, 3.05) is 4.90 Å². The Bertz CT molecular complexity index is 896. The molecule has 1 aromatic carbocycles. The number of urea groups is 1. The summed E-state index contributed by atoms with van der Waals surface area (Å²) in [4.78, 5) is 30.3. The summed E-state index contributed by atoms with van der Waals surface area (Å²) in [6.45, 7) is 3.60. The van der Waals surface area contributed by atoms with Crippen molar-refractivity contribution in [3.05, 3.63) is 47.7 Å². The van der Waals surface area contributed by atoms with Crippen LogP contribution in [0.25, 0.3) is 0 Å². The number of aromatic nitrogens is 1. The Kier molecular flexibility index (Phi) is 3.90. The lowest BCUT2D eigenvalue weighted by atomic mass is 9.99. The van der Waals surface area contributed by atoms with Gasteiger partial charge >= 0.3 is 6.03 Å². The van der Waals surface area contributed by atoms with Gasteiger partial charge in [0.15, 0.2) is 0 Å². The van der Waals surface area contributed by atoms with Crippen molar-refractivity contribution in [2.45, 2.75) is 45.1 Å². The first-order valence-electron chi connectivity index (χ1n) is 8.92. The van der Waals surface area contributed by atoms with Crippen molar-refractivity contribution in [3.8, 4) is 11.6 Å². The predicted octanol–water partition coefficient (Wildman–Crippen LogP) is 3.59. The molecule has 0 unspecified atom stereocenters. The molecule has 2 aromatic rings. The minimum absolute atomic E-state index is 0.264. The number of pyridine rings is 1. The van der Waals surface area contributed by atoms with Gasteiger partial charge in [0.05, 0.1) is 5.69 Å². The molecule has 0 radical (unpaired) electrons. The summed E-state index contributed by atoms with van der Waals surface area (Å²) in [7, 11) is 0. The van der Waals surface area contributed by atoms with Crippen molar-refractivity contribution in [2.24, 2.45) is 0 Å². The molecule has 2 heterocycles. The maximum Gasteiger partial charge on any atom is 0.329 e. The summed E-state index contributed by atoms with van der Waals surface area (Å²) < 4.78 is 5.87. The van der Waals surface area contributed by atoms with E-state index in [1.54, 1.807) is 25.3 Å². The molecule has 1 aliphatic heterocycles. The number of carbonyl (C=O) groups excluding carboxylic acids is 2. The number of amides is 3. The van der Waals surface area contributed by atoms with Crippen LogP contribution in [0.5, 0.6) is 11.6 Å². The Morgan fingerprint density at radius 2 is 2.00 bits per heavy atom. The van der Waals surface area contributed by atoms with Crippen molar-refractivity contribution >= 4 is 17.6 Å². The molecule has 1 saturated heterocycles.